The van der Waals surface area contributed by atoms with E-state index in [1.807, 2.05) is 4.90 Å². The quantitative estimate of drug-likeness (QED) is 0.772. The summed E-state index contributed by atoms with van der Waals surface area (Å²) in [5.41, 5.74) is 0. The molecule has 0 bridgehead atoms. The van der Waals surface area contributed by atoms with Crippen molar-refractivity contribution in [1.29, 1.82) is 0 Å². The first-order valence-corrected chi connectivity index (χ1v) is 7.10. The Labute approximate surface area is 128 Å². The summed E-state index contributed by atoms with van der Waals surface area (Å²) in [6, 6.07) is 0. The van der Waals surface area contributed by atoms with Crippen molar-refractivity contribution < 1.29 is 14.6 Å². The highest BCUT2D eigenvalue weighted by atomic mass is 35.5. The van der Waals surface area contributed by atoms with Crippen LogP contribution in [0.15, 0.2) is 0 Å². The van der Waals surface area contributed by atoms with Crippen LogP contribution in [0.3, 0.4) is 0 Å². The van der Waals surface area contributed by atoms with Gasteiger partial charge in [0.25, 0.3) is 0 Å². The molecule has 0 saturated carbocycles. The number of hydrogen-bond acceptors (Lipinski definition) is 8. The first-order chi connectivity index (χ1) is 10.1. The first-order valence-electron chi connectivity index (χ1n) is 6.72. The number of aliphatic hydroxyl groups excluding tert-OH is 1. The van der Waals surface area contributed by atoms with E-state index in [2.05, 4.69) is 15.0 Å². The van der Waals surface area contributed by atoms with Crippen molar-refractivity contribution in [1.82, 2.24) is 15.0 Å². The van der Waals surface area contributed by atoms with Crippen molar-refractivity contribution in [2.75, 3.05) is 63.4 Å². The summed E-state index contributed by atoms with van der Waals surface area (Å²) in [5.74, 6) is 0.952. The molecule has 0 spiro atoms. The van der Waals surface area contributed by atoms with Crippen molar-refractivity contribution in [2.24, 2.45) is 0 Å². The van der Waals surface area contributed by atoms with Crippen molar-refractivity contribution in [3.63, 3.8) is 0 Å². The number of methoxy groups -OCH3 is 1. The molecule has 0 radical (unpaired) electrons. The fraction of sp³-hybridized carbons (Fsp3) is 0.750. The molecule has 21 heavy (non-hydrogen) atoms. The van der Waals surface area contributed by atoms with Crippen LogP contribution in [0, 0.1) is 0 Å². The summed E-state index contributed by atoms with van der Waals surface area (Å²) in [6.07, 6.45) is -0.623. The number of aromatic nitrogens is 3. The van der Waals surface area contributed by atoms with Gasteiger partial charge in [0.1, 0.15) is 0 Å². The molecule has 2 heterocycles. The van der Waals surface area contributed by atoms with Crippen LogP contribution in [-0.2, 0) is 9.47 Å². The number of rotatable bonds is 6. The number of aliphatic hydroxyl groups is 1. The molecular formula is C12H20ClN5O3. The maximum absolute atomic E-state index is 9.77. The monoisotopic (exact) mass is 317 g/mol. The molecule has 118 valence electrons. The lowest BCUT2D eigenvalue weighted by Gasteiger charge is -2.27. The molecule has 1 aromatic heterocycles. The van der Waals surface area contributed by atoms with E-state index in [4.69, 9.17) is 21.1 Å². The van der Waals surface area contributed by atoms with Crippen molar-refractivity contribution in [3.8, 4) is 0 Å². The molecule has 9 heteroatoms. The third-order valence-electron chi connectivity index (χ3n) is 3.06. The third kappa shape index (κ3) is 4.63. The maximum atomic E-state index is 9.77. The lowest BCUT2D eigenvalue weighted by molar-refractivity contribution is 0.0693. The zero-order chi connectivity index (χ0) is 15.2. The maximum Gasteiger partial charge on any atom is 0.231 e. The van der Waals surface area contributed by atoms with Crippen LogP contribution in [-0.4, -0.2) is 79.8 Å². The highest BCUT2D eigenvalue weighted by Crippen LogP contribution is 2.17. The van der Waals surface area contributed by atoms with Crippen molar-refractivity contribution in [2.45, 2.75) is 6.10 Å². The van der Waals surface area contributed by atoms with Crippen LogP contribution in [0.25, 0.3) is 0 Å². The molecule has 8 nitrogen and oxygen atoms in total. The SMILES string of the molecule is COCC(O)CN(C)c1nc(Cl)nc(N2CCOCC2)n1. The number of anilines is 2. The van der Waals surface area contributed by atoms with E-state index in [0.717, 1.165) is 13.1 Å². The van der Waals surface area contributed by atoms with Gasteiger partial charge in [-0.25, -0.2) is 0 Å². The van der Waals surface area contributed by atoms with Gasteiger partial charge in [0, 0.05) is 33.8 Å². The van der Waals surface area contributed by atoms with Crippen LogP contribution in [0.2, 0.25) is 5.28 Å². The van der Waals surface area contributed by atoms with Gasteiger partial charge < -0.3 is 24.4 Å². The minimum Gasteiger partial charge on any atom is -0.389 e. The predicted molar refractivity (Wildman–Crippen MR) is 79.0 cm³/mol. The summed E-state index contributed by atoms with van der Waals surface area (Å²) in [7, 11) is 3.33. The van der Waals surface area contributed by atoms with Crippen LogP contribution < -0.4 is 9.80 Å². The Morgan fingerprint density at radius 1 is 1.38 bits per heavy atom. The van der Waals surface area contributed by atoms with Gasteiger partial charge in [-0.1, -0.05) is 0 Å². The standard InChI is InChI=1S/C12H20ClN5O3/c1-17(7-9(19)8-20-2)11-14-10(13)15-12(16-11)18-3-5-21-6-4-18/h9,19H,3-8H2,1-2H3. The van der Waals surface area contributed by atoms with E-state index in [0.29, 0.717) is 31.7 Å². The topological polar surface area (TPSA) is 83.8 Å². The van der Waals surface area contributed by atoms with Gasteiger partial charge in [0.05, 0.1) is 25.9 Å². The zero-order valence-electron chi connectivity index (χ0n) is 12.2. The number of halogens is 1. The second kappa shape index (κ2) is 7.69. The van der Waals surface area contributed by atoms with E-state index < -0.39 is 6.10 Å². The number of ether oxygens (including phenoxy) is 2. The molecule has 1 atom stereocenters. The minimum atomic E-state index is -0.623. The smallest absolute Gasteiger partial charge is 0.231 e. The first kappa shape index (κ1) is 16.2. The molecule has 0 amide bonds. The summed E-state index contributed by atoms with van der Waals surface area (Å²) < 4.78 is 10.2. The fourth-order valence-electron chi connectivity index (χ4n) is 2.05. The Balaban J connectivity index is 2.10. The Morgan fingerprint density at radius 2 is 2.10 bits per heavy atom. The number of nitrogens with zero attached hydrogens (tertiary/aromatic N) is 5. The van der Waals surface area contributed by atoms with E-state index in [1.165, 1.54) is 0 Å². The second-order valence-electron chi connectivity index (χ2n) is 4.79. The van der Waals surface area contributed by atoms with E-state index >= 15 is 0 Å². The van der Waals surface area contributed by atoms with Crippen LogP contribution in [0.4, 0.5) is 11.9 Å². The highest BCUT2D eigenvalue weighted by Gasteiger charge is 2.18. The normalized spacial score (nSPS) is 16.9. The number of morpholine rings is 1. The Bertz CT molecular complexity index is 459. The predicted octanol–water partition coefficient (Wildman–Crippen LogP) is -0.195. The Morgan fingerprint density at radius 3 is 2.76 bits per heavy atom. The molecule has 2 rings (SSSR count). The summed E-state index contributed by atoms with van der Waals surface area (Å²) in [5, 5.41) is 9.90. The lowest BCUT2D eigenvalue weighted by Crippen LogP contribution is -2.38. The van der Waals surface area contributed by atoms with Gasteiger partial charge in [0.2, 0.25) is 17.2 Å². The average Bonchev–Trinajstić information content (AvgIpc) is 2.47. The highest BCUT2D eigenvalue weighted by molar-refractivity contribution is 6.28. The molecule has 0 aromatic carbocycles. The van der Waals surface area contributed by atoms with Gasteiger partial charge in [-0.05, 0) is 11.6 Å². The van der Waals surface area contributed by atoms with Gasteiger partial charge >= 0.3 is 0 Å². The minimum absolute atomic E-state index is 0.134. The van der Waals surface area contributed by atoms with Crippen LogP contribution >= 0.6 is 11.6 Å². The Hall–Kier alpha value is -1.22. The van der Waals surface area contributed by atoms with Crippen LogP contribution in [0.5, 0.6) is 0 Å². The van der Waals surface area contributed by atoms with Gasteiger partial charge in [0.15, 0.2) is 0 Å². The van der Waals surface area contributed by atoms with E-state index in [9.17, 15) is 5.11 Å². The second-order valence-corrected chi connectivity index (χ2v) is 5.13. The molecule has 1 N–H and O–H groups in total. The molecule has 0 aliphatic carbocycles. The molecule has 1 fully saturated rings. The molecule has 1 aliphatic rings. The number of likely N-dealkylation sites (N-methyl/N-ethyl adjacent to an activating group) is 1. The van der Waals surface area contributed by atoms with Gasteiger partial charge in [-0.15, -0.1) is 0 Å². The van der Waals surface area contributed by atoms with Crippen molar-refractivity contribution >= 4 is 23.5 Å². The van der Waals surface area contributed by atoms with Crippen LogP contribution in [0.1, 0.15) is 0 Å². The zero-order valence-corrected chi connectivity index (χ0v) is 13.0. The van der Waals surface area contributed by atoms with Gasteiger partial charge in [-0.3, -0.25) is 0 Å². The van der Waals surface area contributed by atoms with E-state index in [1.54, 1.807) is 19.1 Å². The lowest BCUT2D eigenvalue weighted by atomic mass is 10.3. The number of hydrogen-bond donors (Lipinski definition) is 1. The molecular weight excluding hydrogens is 298 g/mol. The molecule has 1 aliphatic heterocycles. The Kier molecular flexibility index (Phi) is 5.92. The third-order valence-corrected chi connectivity index (χ3v) is 3.23. The molecule has 1 aromatic rings. The summed E-state index contributed by atoms with van der Waals surface area (Å²) >= 11 is 5.98. The van der Waals surface area contributed by atoms with Gasteiger partial charge in [-0.2, -0.15) is 15.0 Å². The molecule has 1 unspecified atom stereocenters. The van der Waals surface area contributed by atoms with Crippen molar-refractivity contribution in [3.05, 3.63) is 5.28 Å². The summed E-state index contributed by atoms with van der Waals surface area (Å²) in [4.78, 5) is 16.4. The van der Waals surface area contributed by atoms with E-state index in [-0.39, 0.29) is 11.9 Å². The largest absolute Gasteiger partial charge is 0.389 e. The average molecular weight is 318 g/mol. The fourth-order valence-corrected chi connectivity index (χ4v) is 2.20. The summed E-state index contributed by atoms with van der Waals surface area (Å²) in [6.45, 7) is 3.31. The molecule has 1 saturated heterocycles.